The third-order valence-electron chi connectivity index (χ3n) is 12.5. The van der Waals surface area contributed by atoms with E-state index in [0.717, 1.165) is 19.3 Å². The second kappa shape index (κ2) is 12.1. The normalized spacial score (nSPS) is 28.9. The first-order valence-electron chi connectivity index (χ1n) is 19.0. The van der Waals surface area contributed by atoms with E-state index in [0.29, 0.717) is 35.8 Å². The van der Waals surface area contributed by atoms with Gasteiger partial charge in [-0.3, -0.25) is 0 Å². The monoisotopic (exact) mass is 635 g/mol. The summed E-state index contributed by atoms with van der Waals surface area (Å²) in [6.07, 6.45) is 40.8. The average Bonchev–Trinajstić information content (AvgIpc) is 3.53. The van der Waals surface area contributed by atoms with Crippen LogP contribution in [-0.2, 0) is 0 Å². The van der Waals surface area contributed by atoms with Gasteiger partial charge in [-0.15, -0.1) is 0 Å². The minimum absolute atomic E-state index is 0.360. The Kier molecular flexibility index (Phi) is 7.21. The second-order valence-electron chi connectivity index (χ2n) is 15.2. The number of rotatable bonds is 4. The highest BCUT2D eigenvalue weighted by molar-refractivity contribution is 5.84. The molecule has 6 unspecified atom stereocenters. The second-order valence-corrected chi connectivity index (χ2v) is 15.2. The number of hydrogen-bond donors (Lipinski definition) is 0. The number of benzene rings is 3. The molecule has 3 aromatic carbocycles. The minimum Gasteiger partial charge on any atom is -0.361 e. The summed E-state index contributed by atoms with van der Waals surface area (Å²) in [4.78, 5) is 2.85. The van der Waals surface area contributed by atoms with Crippen LogP contribution in [0, 0.1) is 11.8 Å². The Morgan fingerprint density at radius 2 is 1.45 bits per heavy atom. The largest absolute Gasteiger partial charge is 0.361 e. The van der Waals surface area contributed by atoms with E-state index < -0.39 is 0 Å². The van der Waals surface area contributed by atoms with E-state index in [-0.39, 0.29) is 0 Å². The molecule has 1 fully saturated rings. The summed E-state index contributed by atoms with van der Waals surface area (Å²) in [5, 5.41) is 0. The molecule has 3 aromatic rings. The molecule has 1 heterocycles. The Balaban J connectivity index is 1.07. The SMILES string of the molecule is C1=CC2c3ccccc3-c3cc(C4=CCCC5C4C4C=CC=CC4N5c4cc(C5=CCCC=C5)cc(C5=CCCCC5)c4)ccc3C2C=C1. The summed E-state index contributed by atoms with van der Waals surface area (Å²) < 4.78 is 0. The molecule has 6 aliphatic carbocycles. The first kappa shape index (κ1) is 29.3. The molecular formula is C48H45N. The van der Waals surface area contributed by atoms with Crippen LogP contribution in [0.3, 0.4) is 0 Å². The van der Waals surface area contributed by atoms with Crippen molar-refractivity contribution in [1.29, 1.82) is 0 Å². The van der Waals surface area contributed by atoms with Crippen LogP contribution in [0.25, 0.3) is 27.8 Å². The lowest BCUT2D eigenvalue weighted by molar-refractivity contribution is 0.473. The van der Waals surface area contributed by atoms with Gasteiger partial charge in [0.05, 0.1) is 6.04 Å². The summed E-state index contributed by atoms with van der Waals surface area (Å²) in [5.74, 6) is 1.74. The molecule has 0 saturated carbocycles. The third kappa shape index (κ3) is 4.88. The summed E-state index contributed by atoms with van der Waals surface area (Å²) in [6, 6.07) is 25.0. The van der Waals surface area contributed by atoms with Crippen molar-refractivity contribution >= 4 is 22.4 Å². The van der Waals surface area contributed by atoms with E-state index in [4.69, 9.17) is 0 Å². The number of fused-ring (bicyclic) bond motifs is 9. The van der Waals surface area contributed by atoms with Crippen LogP contribution in [-0.4, -0.2) is 12.1 Å². The van der Waals surface area contributed by atoms with Crippen molar-refractivity contribution in [3.8, 4) is 11.1 Å². The summed E-state index contributed by atoms with van der Waals surface area (Å²) in [7, 11) is 0. The van der Waals surface area contributed by atoms with Gasteiger partial charge in [0, 0.05) is 35.4 Å². The van der Waals surface area contributed by atoms with Gasteiger partial charge in [0.25, 0.3) is 0 Å². The van der Waals surface area contributed by atoms with Crippen LogP contribution in [0.4, 0.5) is 5.69 Å². The van der Waals surface area contributed by atoms with Crippen LogP contribution in [0.15, 0.2) is 140 Å². The lowest BCUT2D eigenvalue weighted by atomic mass is 9.68. The molecule has 242 valence electrons. The third-order valence-corrected chi connectivity index (χ3v) is 12.5. The molecule has 7 aliphatic rings. The van der Waals surface area contributed by atoms with Gasteiger partial charge in [-0.2, -0.15) is 0 Å². The molecule has 49 heavy (non-hydrogen) atoms. The lowest BCUT2D eigenvalue weighted by Crippen LogP contribution is -2.38. The Morgan fingerprint density at radius 1 is 0.612 bits per heavy atom. The summed E-state index contributed by atoms with van der Waals surface area (Å²) in [5.41, 5.74) is 15.9. The van der Waals surface area contributed by atoms with Crippen molar-refractivity contribution in [2.45, 2.75) is 75.3 Å². The van der Waals surface area contributed by atoms with E-state index in [1.807, 2.05) is 0 Å². The van der Waals surface area contributed by atoms with Gasteiger partial charge in [-0.1, -0.05) is 115 Å². The zero-order valence-electron chi connectivity index (χ0n) is 28.3. The molecule has 1 nitrogen and oxygen atoms in total. The molecule has 1 saturated heterocycles. The fraction of sp³-hybridized carbons (Fsp3) is 0.292. The van der Waals surface area contributed by atoms with Gasteiger partial charge in [0.2, 0.25) is 0 Å². The molecule has 0 amide bonds. The summed E-state index contributed by atoms with van der Waals surface area (Å²) in [6.45, 7) is 0. The van der Waals surface area contributed by atoms with Gasteiger partial charge < -0.3 is 4.90 Å². The Morgan fingerprint density at radius 3 is 2.31 bits per heavy atom. The van der Waals surface area contributed by atoms with Crippen molar-refractivity contribution in [2.75, 3.05) is 4.90 Å². The lowest BCUT2D eigenvalue weighted by Gasteiger charge is -2.37. The predicted molar refractivity (Wildman–Crippen MR) is 207 cm³/mol. The highest BCUT2D eigenvalue weighted by Crippen LogP contribution is 2.54. The smallest absolute Gasteiger partial charge is 0.0548 e. The zero-order chi connectivity index (χ0) is 32.3. The molecule has 0 spiro atoms. The van der Waals surface area contributed by atoms with Gasteiger partial charge in [-0.05, 0) is 131 Å². The number of nitrogens with zero attached hydrogens (tertiary/aromatic N) is 1. The van der Waals surface area contributed by atoms with Crippen LogP contribution in [0.1, 0.15) is 91.0 Å². The average molecular weight is 636 g/mol. The molecule has 1 heteroatoms. The molecule has 0 aromatic heterocycles. The van der Waals surface area contributed by atoms with Crippen LogP contribution >= 0.6 is 0 Å². The van der Waals surface area contributed by atoms with Crippen LogP contribution in [0.5, 0.6) is 0 Å². The molecule has 1 aliphatic heterocycles. The quantitative estimate of drug-likeness (QED) is 0.276. The van der Waals surface area contributed by atoms with Gasteiger partial charge in [0.15, 0.2) is 0 Å². The Hall–Kier alpha value is -4.62. The summed E-state index contributed by atoms with van der Waals surface area (Å²) >= 11 is 0. The molecule has 0 radical (unpaired) electrons. The zero-order valence-corrected chi connectivity index (χ0v) is 28.3. The highest BCUT2D eigenvalue weighted by atomic mass is 15.2. The van der Waals surface area contributed by atoms with Crippen molar-refractivity contribution in [3.63, 3.8) is 0 Å². The fourth-order valence-electron chi connectivity index (χ4n) is 10.4. The standard InChI is InChI=1S/C48H45N/c1-3-14-32(15-4-1)35-28-36(33-16-5-2-6-17-33)30-37(29-35)49-46-24-12-11-22-44(46)48-38(23-13-25-47(48)49)34-26-27-43-41-20-8-7-18-39(41)40-19-9-10-21-42(40)45(43)31-34/h3,7-12,14-16,18-24,26-31,39,41,44,46-48H,1-2,4-6,13,17,25H2. The van der Waals surface area contributed by atoms with E-state index in [1.165, 1.54) is 82.3 Å². The van der Waals surface area contributed by atoms with E-state index in [1.54, 1.807) is 11.1 Å². The van der Waals surface area contributed by atoms with Crippen molar-refractivity contribution in [3.05, 3.63) is 167 Å². The molecular weight excluding hydrogens is 591 g/mol. The van der Waals surface area contributed by atoms with Gasteiger partial charge >= 0.3 is 0 Å². The number of anilines is 1. The first-order chi connectivity index (χ1) is 24.3. The number of hydrogen-bond acceptors (Lipinski definition) is 1. The van der Waals surface area contributed by atoms with E-state index >= 15 is 0 Å². The maximum atomic E-state index is 2.85. The van der Waals surface area contributed by atoms with Crippen LogP contribution in [0.2, 0.25) is 0 Å². The maximum absolute atomic E-state index is 2.85. The first-order valence-corrected chi connectivity index (χ1v) is 19.0. The maximum Gasteiger partial charge on any atom is 0.0548 e. The molecule has 6 atom stereocenters. The van der Waals surface area contributed by atoms with E-state index in [2.05, 4.69) is 145 Å². The molecule has 0 N–H and O–H groups in total. The van der Waals surface area contributed by atoms with Crippen LogP contribution < -0.4 is 4.90 Å². The highest BCUT2D eigenvalue weighted by Gasteiger charge is 2.50. The Labute approximate surface area is 292 Å². The van der Waals surface area contributed by atoms with Crippen molar-refractivity contribution in [2.24, 2.45) is 11.8 Å². The number of allylic oxidation sites excluding steroid dienone is 13. The minimum atomic E-state index is 0.360. The molecule has 0 bridgehead atoms. The topological polar surface area (TPSA) is 3.24 Å². The fourth-order valence-corrected chi connectivity index (χ4v) is 10.4. The van der Waals surface area contributed by atoms with Crippen molar-refractivity contribution in [1.82, 2.24) is 0 Å². The Bertz CT molecular complexity index is 2070. The van der Waals surface area contributed by atoms with Gasteiger partial charge in [0.1, 0.15) is 0 Å². The van der Waals surface area contributed by atoms with E-state index in [9.17, 15) is 0 Å². The molecule has 10 rings (SSSR count). The van der Waals surface area contributed by atoms with Crippen molar-refractivity contribution < 1.29 is 0 Å². The van der Waals surface area contributed by atoms with Gasteiger partial charge in [-0.25, -0.2) is 0 Å². The predicted octanol–water partition coefficient (Wildman–Crippen LogP) is 12.1.